The predicted octanol–water partition coefficient (Wildman–Crippen LogP) is 2.62. The zero-order valence-electron chi connectivity index (χ0n) is 9.90. The third kappa shape index (κ3) is 5.06. The van der Waals surface area contributed by atoms with E-state index < -0.39 is 10.0 Å². The van der Waals surface area contributed by atoms with Crippen LogP contribution in [0.5, 0.6) is 0 Å². The Hall–Kier alpha value is -0.580. The summed E-state index contributed by atoms with van der Waals surface area (Å²) in [5.41, 5.74) is 0. The number of rotatable bonds is 7. The molecule has 0 aromatic heterocycles. The first-order valence-electron chi connectivity index (χ1n) is 5.67. The van der Waals surface area contributed by atoms with Crippen LogP contribution in [0.2, 0.25) is 0 Å². The highest BCUT2D eigenvalue weighted by atomic mass is 35.5. The first-order valence-corrected chi connectivity index (χ1v) is 7.68. The summed E-state index contributed by atoms with van der Waals surface area (Å²) < 4.78 is 26.2. The molecule has 1 unspecified atom stereocenters. The van der Waals surface area contributed by atoms with E-state index in [1.165, 1.54) is 0 Å². The Labute approximate surface area is 108 Å². The molecule has 0 saturated heterocycles. The Balaban J connectivity index is 2.41. The number of nitrogens with one attached hydrogen (secondary N) is 1. The van der Waals surface area contributed by atoms with Crippen molar-refractivity contribution in [2.75, 3.05) is 12.4 Å². The van der Waals surface area contributed by atoms with Crippen molar-refractivity contribution in [2.24, 2.45) is 5.92 Å². The summed E-state index contributed by atoms with van der Waals surface area (Å²) in [6, 6.07) is 8.39. The van der Waals surface area contributed by atoms with Crippen LogP contribution in [0.1, 0.15) is 19.8 Å². The molecule has 0 radical (unpaired) electrons. The van der Waals surface area contributed by atoms with E-state index in [0.717, 1.165) is 12.8 Å². The third-order valence-electron chi connectivity index (χ3n) is 2.48. The lowest BCUT2D eigenvalue weighted by atomic mass is 10.1. The lowest BCUT2D eigenvalue weighted by Gasteiger charge is -2.08. The molecule has 0 amide bonds. The molecule has 0 heterocycles. The maximum Gasteiger partial charge on any atom is 0.240 e. The zero-order valence-corrected chi connectivity index (χ0v) is 11.5. The van der Waals surface area contributed by atoms with Gasteiger partial charge in [-0.2, -0.15) is 0 Å². The van der Waals surface area contributed by atoms with Crippen molar-refractivity contribution in [2.45, 2.75) is 24.7 Å². The highest BCUT2D eigenvalue weighted by Gasteiger charge is 2.12. The van der Waals surface area contributed by atoms with E-state index in [0.29, 0.717) is 23.2 Å². The Bertz CT molecular complexity index is 419. The van der Waals surface area contributed by atoms with Crippen molar-refractivity contribution in [3.05, 3.63) is 30.3 Å². The van der Waals surface area contributed by atoms with Gasteiger partial charge in [-0.3, -0.25) is 0 Å². The normalized spacial score (nSPS) is 13.5. The first kappa shape index (κ1) is 14.5. The van der Waals surface area contributed by atoms with Gasteiger partial charge in [-0.05, 0) is 30.9 Å². The van der Waals surface area contributed by atoms with Gasteiger partial charge >= 0.3 is 0 Å². The number of hydrogen-bond acceptors (Lipinski definition) is 2. The van der Waals surface area contributed by atoms with Gasteiger partial charge in [-0.15, -0.1) is 11.6 Å². The van der Waals surface area contributed by atoms with Crippen LogP contribution in [-0.4, -0.2) is 20.8 Å². The van der Waals surface area contributed by atoms with Gasteiger partial charge in [-0.1, -0.05) is 25.1 Å². The van der Waals surface area contributed by atoms with Gasteiger partial charge in [-0.25, -0.2) is 13.1 Å². The highest BCUT2D eigenvalue weighted by molar-refractivity contribution is 7.89. The topological polar surface area (TPSA) is 46.2 Å². The summed E-state index contributed by atoms with van der Waals surface area (Å²) in [4.78, 5) is 0.311. The number of halogens is 1. The van der Waals surface area contributed by atoms with Crippen LogP contribution in [0.3, 0.4) is 0 Å². The minimum Gasteiger partial charge on any atom is -0.211 e. The summed E-state index contributed by atoms with van der Waals surface area (Å²) in [5, 5.41) is 0. The molecule has 3 nitrogen and oxygen atoms in total. The lowest BCUT2D eigenvalue weighted by Crippen LogP contribution is -2.25. The Kier molecular flexibility index (Phi) is 5.95. The Morgan fingerprint density at radius 3 is 2.53 bits per heavy atom. The quantitative estimate of drug-likeness (QED) is 0.614. The van der Waals surface area contributed by atoms with E-state index in [9.17, 15) is 8.42 Å². The lowest BCUT2D eigenvalue weighted by molar-refractivity contribution is 0.543. The molecular formula is C12H18ClNO2S. The Morgan fingerprint density at radius 2 is 1.94 bits per heavy atom. The third-order valence-corrected chi connectivity index (χ3v) is 4.49. The molecule has 0 fully saturated rings. The maximum absolute atomic E-state index is 11.8. The largest absolute Gasteiger partial charge is 0.240 e. The molecule has 1 rings (SSSR count). The van der Waals surface area contributed by atoms with Crippen LogP contribution in [0, 0.1) is 5.92 Å². The van der Waals surface area contributed by atoms with Gasteiger partial charge in [0.15, 0.2) is 0 Å². The monoisotopic (exact) mass is 275 g/mol. The second-order valence-corrected chi connectivity index (χ2v) is 6.19. The van der Waals surface area contributed by atoms with Crippen molar-refractivity contribution in [1.29, 1.82) is 0 Å². The Morgan fingerprint density at radius 1 is 1.29 bits per heavy atom. The van der Waals surface area contributed by atoms with Crippen LogP contribution in [0.4, 0.5) is 0 Å². The van der Waals surface area contributed by atoms with Crippen LogP contribution in [0.25, 0.3) is 0 Å². The van der Waals surface area contributed by atoms with Gasteiger partial charge < -0.3 is 0 Å². The minimum absolute atomic E-state index is 0.311. The summed E-state index contributed by atoms with van der Waals surface area (Å²) in [5.74, 6) is 1.05. The fourth-order valence-electron chi connectivity index (χ4n) is 1.42. The van der Waals surface area contributed by atoms with Crippen molar-refractivity contribution in [3.8, 4) is 0 Å². The van der Waals surface area contributed by atoms with Gasteiger partial charge in [0.25, 0.3) is 0 Å². The molecule has 0 saturated carbocycles. The van der Waals surface area contributed by atoms with Gasteiger partial charge in [0.1, 0.15) is 0 Å². The molecule has 5 heteroatoms. The molecule has 17 heavy (non-hydrogen) atoms. The van der Waals surface area contributed by atoms with Crippen molar-refractivity contribution in [1.82, 2.24) is 4.72 Å². The number of hydrogen-bond donors (Lipinski definition) is 1. The number of benzene rings is 1. The number of alkyl halides is 1. The molecule has 0 aliphatic heterocycles. The van der Waals surface area contributed by atoms with Crippen molar-refractivity contribution >= 4 is 21.6 Å². The van der Waals surface area contributed by atoms with Gasteiger partial charge in [0, 0.05) is 12.4 Å². The van der Waals surface area contributed by atoms with Gasteiger partial charge in [0.2, 0.25) is 10.0 Å². The average molecular weight is 276 g/mol. The van der Waals surface area contributed by atoms with Crippen LogP contribution in [-0.2, 0) is 10.0 Å². The van der Waals surface area contributed by atoms with E-state index in [-0.39, 0.29) is 0 Å². The summed E-state index contributed by atoms with van der Waals surface area (Å²) in [7, 11) is -3.35. The van der Waals surface area contributed by atoms with Gasteiger partial charge in [0.05, 0.1) is 4.90 Å². The first-order chi connectivity index (χ1) is 8.06. The smallest absolute Gasteiger partial charge is 0.211 e. The molecule has 0 spiro atoms. The summed E-state index contributed by atoms with van der Waals surface area (Å²) in [6.45, 7) is 2.51. The molecule has 0 bridgehead atoms. The zero-order chi connectivity index (χ0) is 12.7. The van der Waals surface area contributed by atoms with E-state index in [4.69, 9.17) is 11.6 Å². The molecule has 0 aliphatic rings. The second kappa shape index (κ2) is 6.99. The molecule has 1 aromatic rings. The van der Waals surface area contributed by atoms with E-state index in [1.807, 2.05) is 0 Å². The fourth-order valence-corrected chi connectivity index (χ4v) is 2.67. The summed E-state index contributed by atoms with van der Waals surface area (Å²) >= 11 is 5.68. The average Bonchev–Trinajstić information content (AvgIpc) is 2.35. The molecule has 0 aliphatic carbocycles. The van der Waals surface area contributed by atoms with Crippen LogP contribution >= 0.6 is 11.6 Å². The van der Waals surface area contributed by atoms with E-state index >= 15 is 0 Å². The second-order valence-electron chi connectivity index (χ2n) is 4.11. The van der Waals surface area contributed by atoms with E-state index in [2.05, 4.69) is 11.6 Å². The fraction of sp³-hybridized carbons (Fsp3) is 0.500. The molecule has 1 N–H and O–H groups in total. The SMILES string of the molecule is CC(CCl)CCCNS(=O)(=O)c1ccccc1. The van der Waals surface area contributed by atoms with Crippen molar-refractivity contribution in [3.63, 3.8) is 0 Å². The van der Waals surface area contributed by atoms with Crippen LogP contribution < -0.4 is 4.72 Å². The molecule has 1 aromatic carbocycles. The highest BCUT2D eigenvalue weighted by Crippen LogP contribution is 2.09. The van der Waals surface area contributed by atoms with E-state index in [1.54, 1.807) is 30.3 Å². The van der Waals surface area contributed by atoms with Crippen molar-refractivity contribution < 1.29 is 8.42 Å². The molecule has 96 valence electrons. The maximum atomic E-state index is 11.8. The summed E-state index contributed by atoms with van der Waals surface area (Å²) in [6.07, 6.45) is 1.74. The molecular weight excluding hydrogens is 258 g/mol. The number of sulfonamides is 1. The molecule has 1 atom stereocenters. The minimum atomic E-state index is -3.35. The standard InChI is InChI=1S/C12H18ClNO2S/c1-11(10-13)6-5-9-14-17(15,16)12-7-3-2-4-8-12/h2-4,7-8,11,14H,5-6,9-10H2,1H3. The predicted molar refractivity (Wildman–Crippen MR) is 70.7 cm³/mol. The van der Waals surface area contributed by atoms with Crippen LogP contribution in [0.15, 0.2) is 35.2 Å².